The zero-order valence-electron chi connectivity index (χ0n) is 13.3. The number of fused-ring (bicyclic) bond motifs is 1. The maximum Gasteiger partial charge on any atom is 0.267 e. The monoisotopic (exact) mass is 382 g/mol. The largest absolute Gasteiger partial charge is 0.348 e. The average Bonchev–Trinajstić information content (AvgIpc) is 3.17. The zero-order chi connectivity index (χ0) is 17.8. The van der Waals surface area contributed by atoms with Gasteiger partial charge in [0.2, 0.25) is 0 Å². The van der Waals surface area contributed by atoms with Gasteiger partial charge in [-0.25, -0.2) is 18.7 Å². The van der Waals surface area contributed by atoms with Crippen molar-refractivity contribution in [1.29, 1.82) is 0 Å². The van der Waals surface area contributed by atoms with Crippen LogP contribution in [0.2, 0.25) is 10.0 Å². The molecule has 1 aliphatic heterocycles. The summed E-state index contributed by atoms with van der Waals surface area (Å²) in [4.78, 5) is 10.2. The van der Waals surface area contributed by atoms with Gasteiger partial charge in [0.1, 0.15) is 5.82 Å². The molecule has 130 valence electrons. The molecule has 1 saturated heterocycles. The van der Waals surface area contributed by atoms with Crippen LogP contribution in [0.1, 0.15) is 13.3 Å². The summed E-state index contributed by atoms with van der Waals surface area (Å²) in [6.45, 7) is 1.40. The third-order valence-electron chi connectivity index (χ3n) is 4.44. The second-order valence-electron chi connectivity index (χ2n) is 6.26. The van der Waals surface area contributed by atoms with Crippen LogP contribution in [0, 0.1) is 0 Å². The summed E-state index contributed by atoms with van der Waals surface area (Å²) in [6.07, 6.45) is 4.87. The Bertz CT molecular complexity index is 943. The summed E-state index contributed by atoms with van der Waals surface area (Å²) in [5, 5.41) is 1.45. The van der Waals surface area contributed by atoms with E-state index in [9.17, 15) is 8.78 Å². The molecule has 3 heterocycles. The van der Waals surface area contributed by atoms with E-state index in [0.717, 1.165) is 11.1 Å². The molecule has 1 aliphatic rings. The van der Waals surface area contributed by atoms with Gasteiger partial charge in [-0.3, -0.25) is 0 Å². The van der Waals surface area contributed by atoms with Gasteiger partial charge in [0, 0.05) is 36.3 Å². The summed E-state index contributed by atoms with van der Waals surface area (Å²) >= 11 is 12.5. The van der Waals surface area contributed by atoms with Gasteiger partial charge in [-0.2, -0.15) is 0 Å². The Morgan fingerprint density at radius 2 is 2.08 bits per heavy atom. The lowest BCUT2D eigenvalue weighted by molar-refractivity contribution is 0.0229. The van der Waals surface area contributed by atoms with Crippen LogP contribution >= 0.6 is 23.2 Å². The van der Waals surface area contributed by atoms with Crippen LogP contribution in [0.5, 0.6) is 0 Å². The van der Waals surface area contributed by atoms with E-state index in [1.165, 1.54) is 0 Å². The Kier molecular flexibility index (Phi) is 3.85. The van der Waals surface area contributed by atoms with Crippen molar-refractivity contribution in [3.05, 3.63) is 47.0 Å². The van der Waals surface area contributed by atoms with Gasteiger partial charge >= 0.3 is 0 Å². The van der Waals surface area contributed by atoms with E-state index in [4.69, 9.17) is 23.2 Å². The molecule has 0 spiro atoms. The van der Waals surface area contributed by atoms with E-state index in [2.05, 4.69) is 9.97 Å². The molecule has 4 rings (SSSR count). The Labute approximate surface area is 153 Å². The number of imidazole rings is 1. The van der Waals surface area contributed by atoms with Crippen LogP contribution in [0.25, 0.3) is 16.6 Å². The van der Waals surface area contributed by atoms with Crippen molar-refractivity contribution in [2.45, 2.75) is 25.3 Å². The first kappa shape index (κ1) is 16.5. The molecular weight excluding hydrogens is 369 g/mol. The van der Waals surface area contributed by atoms with Crippen LogP contribution < -0.4 is 4.90 Å². The Morgan fingerprint density at radius 3 is 2.72 bits per heavy atom. The molecule has 2 aromatic heterocycles. The predicted octanol–water partition coefficient (Wildman–Crippen LogP) is 4.96. The lowest BCUT2D eigenvalue weighted by Crippen LogP contribution is -2.29. The molecule has 0 aliphatic carbocycles. The van der Waals surface area contributed by atoms with Gasteiger partial charge in [-0.15, -0.1) is 0 Å². The van der Waals surface area contributed by atoms with E-state index in [-0.39, 0.29) is 19.0 Å². The SMILES string of the molecule is C[C@@H]1CC(F)(F)CN1c1cc(-n2ccnc2)c2ccc(Cl)c(Cl)c2n1. The summed E-state index contributed by atoms with van der Waals surface area (Å²) in [6, 6.07) is 4.97. The topological polar surface area (TPSA) is 34.0 Å². The minimum atomic E-state index is -2.73. The number of aromatic nitrogens is 3. The average molecular weight is 383 g/mol. The van der Waals surface area contributed by atoms with Crippen molar-refractivity contribution in [2.75, 3.05) is 11.4 Å². The molecular formula is C17H14Cl2F2N4. The lowest BCUT2D eigenvalue weighted by atomic mass is 10.1. The molecule has 0 radical (unpaired) electrons. The molecule has 3 aromatic rings. The van der Waals surface area contributed by atoms with Gasteiger partial charge in [-0.05, 0) is 19.1 Å². The maximum absolute atomic E-state index is 13.8. The zero-order valence-corrected chi connectivity index (χ0v) is 14.8. The van der Waals surface area contributed by atoms with Gasteiger partial charge in [-0.1, -0.05) is 23.2 Å². The van der Waals surface area contributed by atoms with E-state index < -0.39 is 5.92 Å². The number of hydrogen-bond donors (Lipinski definition) is 0. The Balaban J connectivity index is 1.96. The van der Waals surface area contributed by atoms with Gasteiger partial charge in [0.25, 0.3) is 5.92 Å². The normalized spacial score (nSPS) is 19.7. The van der Waals surface area contributed by atoms with Crippen molar-refractivity contribution < 1.29 is 8.78 Å². The molecule has 0 amide bonds. The number of halogens is 4. The van der Waals surface area contributed by atoms with Gasteiger partial charge in [0.15, 0.2) is 0 Å². The Morgan fingerprint density at radius 1 is 1.28 bits per heavy atom. The van der Waals surface area contributed by atoms with Gasteiger partial charge in [0.05, 0.1) is 34.1 Å². The van der Waals surface area contributed by atoms with Crippen molar-refractivity contribution in [3.63, 3.8) is 0 Å². The summed E-state index contributed by atoms with van der Waals surface area (Å²) in [7, 11) is 0. The minimum Gasteiger partial charge on any atom is -0.348 e. The number of benzene rings is 1. The van der Waals surface area contributed by atoms with Crippen molar-refractivity contribution >= 4 is 39.9 Å². The first-order valence-electron chi connectivity index (χ1n) is 7.77. The number of alkyl halides is 2. The smallest absolute Gasteiger partial charge is 0.267 e. The van der Waals surface area contributed by atoms with E-state index in [0.29, 0.717) is 21.4 Å². The van der Waals surface area contributed by atoms with Crippen molar-refractivity contribution in [2.24, 2.45) is 0 Å². The van der Waals surface area contributed by atoms with Crippen LogP contribution in [-0.4, -0.2) is 33.0 Å². The van der Waals surface area contributed by atoms with Crippen LogP contribution in [0.15, 0.2) is 36.9 Å². The highest BCUT2D eigenvalue weighted by Crippen LogP contribution is 2.39. The molecule has 8 heteroatoms. The van der Waals surface area contributed by atoms with Crippen LogP contribution in [-0.2, 0) is 0 Å². The number of nitrogens with zero attached hydrogens (tertiary/aromatic N) is 4. The summed E-state index contributed by atoms with van der Waals surface area (Å²) in [5.41, 5.74) is 1.25. The van der Waals surface area contributed by atoms with E-state index in [1.54, 1.807) is 47.2 Å². The van der Waals surface area contributed by atoms with E-state index >= 15 is 0 Å². The second-order valence-corrected chi connectivity index (χ2v) is 7.05. The molecule has 0 N–H and O–H groups in total. The second kappa shape index (κ2) is 5.81. The molecule has 1 atom stereocenters. The molecule has 1 aromatic carbocycles. The van der Waals surface area contributed by atoms with Crippen LogP contribution in [0.4, 0.5) is 14.6 Å². The number of pyridine rings is 1. The number of anilines is 1. The molecule has 25 heavy (non-hydrogen) atoms. The first-order chi connectivity index (χ1) is 11.9. The van der Waals surface area contributed by atoms with Crippen molar-refractivity contribution in [3.8, 4) is 5.69 Å². The molecule has 1 fully saturated rings. The van der Waals surface area contributed by atoms with E-state index in [1.807, 2.05) is 6.07 Å². The summed E-state index contributed by atoms with van der Waals surface area (Å²) < 4.78 is 29.5. The highest BCUT2D eigenvalue weighted by molar-refractivity contribution is 6.45. The van der Waals surface area contributed by atoms with Crippen molar-refractivity contribution in [1.82, 2.24) is 14.5 Å². The molecule has 0 saturated carbocycles. The quantitative estimate of drug-likeness (QED) is 0.627. The maximum atomic E-state index is 13.8. The fourth-order valence-corrected chi connectivity index (χ4v) is 3.64. The Hall–Kier alpha value is -1.92. The molecule has 0 bridgehead atoms. The highest BCUT2D eigenvalue weighted by Gasteiger charge is 2.43. The third-order valence-corrected chi connectivity index (χ3v) is 5.24. The highest BCUT2D eigenvalue weighted by atomic mass is 35.5. The molecule has 4 nitrogen and oxygen atoms in total. The standard InChI is InChI=1S/C17H14Cl2F2N4/c1-10-7-17(20,21)8-25(10)14-6-13(24-5-4-22-9-24)11-2-3-12(18)15(19)16(11)23-14/h2-6,9-10H,7-8H2,1H3/t10-/m1/s1. The summed E-state index contributed by atoms with van der Waals surface area (Å²) in [5.74, 6) is -2.28. The van der Waals surface area contributed by atoms with Gasteiger partial charge < -0.3 is 9.47 Å². The number of hydrogen-bond acceptors (Lipinski definition) is 3. The fourth-order valence-electron chi connectivity index (χ4n) is 3.28. The predicted molar refractivity (Wildman–Crippen MR) is 95.3 cm³/mol. The molecule has 0 unspecified atom stereocenters. The van der Waals surface area contributed by atoms with Crippen LogP contribution in [0.3, 0.4) is 0 Å². The fraction of sp³-hybridized carbons (Fsp3) is 0.294. The third kappa shape index (κ3) is 2.83. The first-order valence-corrected chi connectivity index (χ1v) is 8.53. The minimum absolute atomic E-state index is 0.198. The number of rotatable bonds is 2. The lowest BCUT2D eigenvalue weighted by Gasteiger charge is -2.23.